The summed E-state index contributed by atoms with van der Waals surface area (Å²) >= 11 is 0. The van der Waals surface area contributed by atoms with Crippen LogP contribution in [0.15, 0.2) is 16.9 Å². The lowest BCUT2D eigenvalue weighted by Gasteiger charge is -2.32. The SMILES string of the molecule is CC(C)c1cc(C(=O)N2CCC(c3nnc4n3CCNC4)CC2)cc(=O)[nH]1.Cl. The number of nitrogens with zero attached hydrogens (tertiary/aromatic N) is 4. The number of hydrogen-bond donors (Lipinski definition) is 2. The average molecular weight is 407 g/mol. The molecule has 1 saturated heterocycles. The van der Waals surface area contributed by atoms with Gasteiger partial charge in [0.15, 0.2) is 0 Å². The standard InChI is InChI=1S/C19H26N6O2.ClH/c1-12(2)15-9-14(10-17(26)21-15)19(27)24-6-3-13(4-7-24)18-23-22-16-11-20-5-8-25(16)18;/h9-10,12-13,20H,3-8,11H2,1-2H3,(H,21,26);1H. The highest BCUT2D eigenvalue weighted by Crippen LogP contribution is 2.28. The molecule has 2 aliphatic rings. The fraction of sp³-hybridized carbons (Fsp3) is 0.579. The first-order chi connectivity index (χ1) is 13.0. The Bertz CT molecular complexity index is 898. The Hall–Kier alpha value is -2.19. The number of carbonyl (C=O) groups excluding carboxylic acids is 1. The largest absolute Gasteiger partial charge is 0.339 e. The number of piperidine rings is 1. The normalized spacial score (nSPS) is 17.3. The van der Waals surface area contributed by atoms with Crippen molar-refractivity contribution in [2.24, 2.45) is 0 Å². The lowest BCUT2D eigenvalue weighted by atomic mass is 9.95. The van der Waals surface area contributed by atoms with Crippen molar-refractivity contribution < 1.29 is 4.79 Å². The maximum absolute atomic E-state index is 12.9. The first-order valence-corrected chi connectivity index (χ1v) is 9.69. The number of aromatic amines is 1. The van der Waals surface area contributed by atoms with Gasteiger partial charge in [0.05, 0.1) is 6.54 Å². The first-order valence-electron chi connectivity index (χ1n) is 9.69. The van der Waals surface area contributed by atoms with E-state index in [0.29, 0.717) is 24.6 Å². The van der Waals surface area contributed by atoms with Gasteiger partial charge in [-0.15, -0.1) is 22.6 Å². The molecule has 2 aromatic heterocycles. The van der Waals surface area contributed by atoms with Crippen LogP contribution in [0.1, 0.15) is 66.2 Å². The molecule has 2 aliphatic heterocycles. The number of likely N-dealkylation sites (tertiary alicyclic amines) is 1. The number of amides is 1. The number of halogens is 1. The minimum absolute atomic E-state index is 0. The summed E-state index contributed by atoms with van der Waals surface area (Å²) in [6.45, 7) is 7.96. The van der Waals surface area contributed by atoms with E-state index in [-0.39, 0.29) is 29.8 Å². The summed E-state index contributed by atoms with van der Waals surface area (Å²) in [5, 5.41) is 12.0. The molecule has 152 valence electrons. The molecule has 9 heteroatoms. The highest BCUT2D eigenvalue weighted by atomic mass is 35.5. The lowest BCUT2D eigenvalue weighted by molar-refractivity contribution is 0.0709. The molecule has 0 unspecified atom stereocenters. The van der Waals surface area contributed by atoms with Gasteiger partial charge in [-0.2, -0.15) is 0 Å². The van der Waals surface area contributed by atoms with E-state index >= 15 is 0 Å². The molecule has 1 fully saturated rings. The number of rotatable bonds is 3. The molecule has 2 aromatic rings. The van der Waals surface area contributed by atoms with Gasteiger partial charge in [0.2, 0.25) is 5.56 Å². The Morgan fingerprint density at radius 3 is 2.64 bits per heavy atom. The Balaban J connectivity index is 0.00000225. The van der Waals surface area contributed by atoms with Crippen LogP contribution >= 0.6 is 12.4 Å². The topological polar surface area (TPSA) is 95.9 Å². The van der Waals surface area contributed by atoms with Crippen LogP contribution in [0.4, 0.5) is 0 Å². The van der Waals surface area contributed by atoms with E-state index in [1.165, 1.54) is 6.07 Å². The zero-order chi connectivity index (χ0) is 19.0. The average Bonchev–Trinajstić information content (AvgIpc) is 3.11. The first kappa shape index (κ1) is 20.5. The molecule has 0 saturated carbocycles. The van der Waals surface area contributed by atoms with E-state index in [0.717, 1.165) is 49.8 Å². The van der Waals surface area contributed by atoms with Gasteiger partial charge in [-0.3, -0.25) is 9.59 Å². The second-order valence-corrected chi connectivity index (χ2v) is 7.71. The quantitative estimate of drug-likeness (QED) is 0.807. The van der Waals surface area contributed by atoms with Crippen molar-refractivity contribution in [3.8, 4) is 0 Å². The summed E-state index contributed by atoms with van der Waals surface area (Å²) in [5.74, 6) is 2.49. The Morgan fingerprint density at radius 2 is 1.93 bits per heavy atom. The second-order valence-electron chi connectivity index (χ2n) is 7.71. The summed E-state index contributed by atoms with van der Waals surface area (Å²) in [6, 6.07) is 3.21. The van der Waals surface area contributed by atoms with Gasteiger partial charge in [0, 0.05) is 49.4 Å². The summed E-state index contributed by atoms with van der Waals surface area (Å²) < 4.78 is 2.23. The predicted molar refractivity (Wildman–Crippen MR) is 108 cm³/mol. The van der Waals surface area contributed by atoms with Crippen LogP contribution in [0.3, 0.4) is 0 Å². The molecule has 0 aromatic carbocycles. The van der Waals surface area contributed by atoms with Crippen LogP contribution < -0.4 is 10.9 Å². The van der Waals surface area contributed by atoms with Gasteiger partial charge in [-0.1, -0.05) is 13.8 Å². The number of nitrogens with one attached hydrogen (secondary N) is 2. The third-order valence-corrected chi connectivity index (χ3v) is 5.53. The van der Waals surface area contributed by atoms with Crippen LogP contribution in [-0.2, 0) is 13.1 Å². The van der Waals surface area contributed by atoms with Crippen LogP contribution in [0.5, 0.6) is 0 Å². The molecule has 4 heterocycles. The van der Waals surface area contributed by atoms with Crippen molar-refractivity contribution in [3.05, 3.63) is 45.4 Å². The van der Waals surface area contributed by atoms with E-state index in [9.17, 15) is 9.59 Å². The smallest absolute Gasteiger partial charge is 0.254 e. The van der Waals surface area contributed by atoms with Crippen molar-refractivity contribution in [1.82, 2.24) is 30.0 Å². The van der Waals surface area contributed by atoms with Crippen molar-refractivity contribution in [3.63, 3.8) is 0 Å². The van der Waals surface area contributed by atoms with Crippen LogP contribution in [-0.4, -0.2) is 50.2 Å². The number of aromatic nitrogens is 4. The van der Waals surface area contributed by atoms with Crippen molar-refractivity contribution in [2.45, 2.75) is 51.6 Å². The molecular weight excluding hydrogens is 380 g/mol. The summed E-state index contributed by atoms with van der Waals surface area (Å²) in [4.78, 5) is 29.4. The highest BCUT2D eigenvalue weighted by Gasteiger charge is 2.29. The van der Waals surface area contributed by atoms with E-state index in [1.807, 2.05) is 24.8 Å². The molecule has 0 atom stereocenters. The van der Waals surface area contributed by atoms with Gasteiger partial charge >= 0.3 is 0 Å². The summed E-state index contributed by atoms with van der Waals surface area (Å²) in [5.41, 5.74) is 1.05. The Labute approximate surface area is 170 Å². The zero-order valence-corrected chi connectivity index (χ0v) is 17.1. The van der Waals surface area contributed by atoms with Crippen molar-refractivity contribution >= 4 is 18.3 Å². The minimum Gasteiger partial charge on any atom is -0.339 e. The summed E-state index contributed by atoms with van der Waals surface area (Å²) in [6.07, 6.45) is 1.75. The molecule has 8 nitrogen and oxygen atoms in total. The van der Waals surface area contributed by atoms with E-state index in [1.54, 1.807) is 0 Å². The van der Waals surface area contributed by atoms with Gasteiger partial charge < -0.3 is 19.8 Å². The predicted octanol–water partition coefficient (Wildman–Crippen LogP) is 1.63. The third-order valence-electron chi connectivity index (χ3n) is 5.53. The number of hydrogen-bond acceptors (Lipinski definition) is 5. The zero-order valence-electron chi connectivity index (χ0n) is 16.3. The molecule has 1 amide bonds. The number of fused-ring (bicyclic) bond motifs is 1. The van der Waals surface area contributed by atoms with Crippen molar-refractivity contribution in [1.29, 1.82) is 0 Å². The van der Waals surface area contributed by atoms with E-state index in [2.05, 4.69) is 25.1 Å². The van der Waals surface area contributed by atoms with E-state index in [4.69, 9.17) is 0 Å². The number of carbonyl (C=O) groups is 1. The molecule has 4 rings (SSSR count). The van der Waals surface area contributed by atoms with Crippen molar-refractivity contribution in [2.75, 3.05) is 19.6 Å². The molecule has 0 bridgehead atoms. The molecular formula is C19H27ClN6O2. The maximum atomic E-state index is 12.9. The summed E-state index contributed by atoms with van der Waals surface area (Å²) in [7, 11) is 0. The fourth-order valence-electron chi connectivity index (χ4n) is 3.94. The molecule has 0 radical (unpaired) electrons. The minimum atomic E-state index is -0.219. The van der Waals surface area contributed by atoms with Crippen LogP contribution in [0.25, 0.3) is 0 Å². The maximum Gasteiger partial charge on any atom is 0.254 e. The van der Waals surface area contributed by atoms with Gasteiger partial charge in [0.25, 0.3) is 5.91 Å². The monoisotopic (exact) mass is 406 g/mol. The number of pyridine rings is 1. The van der Waals surface area contributed by atoms with Gasteiger partial charge in [-0.25, -0.2) is 0 Å². The second kappa shape index (κ2) is 8.45. The lowest BCUT2D eigenvalue weighted by Crippen LogP contribution is -2.39. The highest BCUT2D eigenvalue weighted by molar-refractivity contribution is 5.94. The van der Waals surface area contributed by atoms with Crippen LogP contribution in [0.2, 0.25) is 0 Å². The third kappa shape index (κ3) is 3.98. The molecule has 0 aliphatic carbocycles. The number of H-pyrrole nitrogens is 1. The Kier molecular flexibility index (Phi) is 6.20. The van der Waals surface area contributed by atoms with Gasteiger partial charge in [-0.05, 0) is 24.8 Å². The molecule has 2 N–H and O–H groups in total. The van der Waals surface area contributed by atoms with Gasteiger partial charge in [0.1, 0.15) is 11.6 Å². The van der Waals surface area contributed by atoms with Crippen LogP contribution in [0, 0.1) is 0 Å². The fourth-order valence-corrected chi connectivity index (χ4v) is 3.94. The Morgan fingerprint density at radius 1 is 1.18 bits per heavy atom. The van der Waals surface area contributed by atoms with E-state index < -0.39 is 0 Å². The molecule has 28 heavy (non-hydrogen) atoms. The molecule has 0 spiro atoms.